The lowest BCUT2D eigenvalue weighted by molar-refractivity contribution is 0.590. The number of rotatable bonds is 4. The molecule has 0 atom stereocenters. The molecule has 0 aliphatic rings. The van der Waals surface area contributed by atoms with E-state index in [2.05, 4.69) is 113 Å². The van der Waals surface area contributed by atoms with Crippen molar-refractivity contribution in [3.05, 3.63) is 94.4 Å². The molecule has 0 radical (unpaired) electrons. The van der Waals surface area contributed by atoms with Gasteiger partial charge in [0.15, 0.2) is 0 Å². The Morgan fingerprint density at radius 1 is 0.718 bits per heavy atom. The van der Waals surface area contributed by atoms with Gasteiger partial charge in [-0.2, -0.15) is 10.5 Å². The van der Waals surface area contributed by atoms with Crippen LogP contribution in [-0.2, 0) is 10.8 Å². The minimum Gasteiger partial charge on any atom is -0.455 e. The number of nitriles is 2. The summed E-state index contributed by atoms with van der Waals surface area (Å²) in [5.74, 6) is 0. The monoisotopic (exact) mass is 529 g/mol. The standard InChI is InChI=1S/C34H31N3OS/c1-33(2,3)23-7-11-25(12-8-23)37(26-13-9-24(10-14-26)34(4,5)6)27-15-16-29-30(18-27)38-31-19-28(39-32(29)31)17-22(20-35)21-36/h7-19H,1-6H3. The summed E-state index contributed by atoms with van der Waals surface area (Å²) < 4.78 is 7.27. The Morgan fingerprint density at radius 2 is 1.23 bits per heavy atom. The average molecular weight is 530 g/mol. The van der Waals surface area contributed by atoms with E-state index in [-0.39, 0.29) is 16.4 Å². The molecular weight excluding hydrogens is 498 g/mol. The van der Waals surface area contributed by atoms with E-state index in [1.165, 1.54) is 22.5 Å². The summed E-state index contributed by atoms with van der Waals surface area (Å²) in [4.78, 5) is 3.09. The van der Waals surface area contributed by atoms with Crippen LogP contribution in [0.2, 0.25) is 0 Å². The van der Waals surface area contributed by atoms with E-state index in [1.54, 1.807) is 6.08 Å². The molecule has 0 amide bonds. The van der Waals surface area contributed by atoms with Crippen molar-refractivity contribution >= 4 is 55.7 Å². The van der Waals surface area contributed by atoms with Crippen molar-refractivity contribution in [2.24, 2.45) is 0 Å². The maximum Gasteiger partial charge on any atom is 0.146 e. The number of hydrogen-bond donors (Lipinski definition) is 0. The highest BCUT2D eigenvalue weighted by Gasteiger charge is 2.20. The first-order valence-electron chi connectivity index (χ1n) is 13.0. The summed E-state index contributed by atoms with van der Waals surface area (Å²) in [6.07, 6.45) is 1.60. The SMILES string of the molecule is CC(C)(C)c1ccc(N(c2ccc(C(C)(C)C)cc2)c2ccc3c(c2)oc2cc(C=C(C#N)C#N)sc23)cc1. The number of thiophene rings is 1. The summed E-state index contributed by atoms with van der Waals surface area (Å²) >= 11 is 1.52. The number of allylic oxidation sites excluding steroid dienone is 1. The third-order valence-corrected chi connectivity index (χ3v) is 8.01. The van der Waals surface area contributed by atoms with Crippen molar-refractivity contribution < 1.29 is 4.42 Å². The normalized spacial score (nSPS) is 11.8. The Hall–Kier alpha value is -4.32. The van der Waals surface area contributed by atoms with E-state index in [4.69, 9.17) is 14.9 Å². The fourth-order valence-electron chi connectivity index (χ4n) is 4.67. The molecule has 2 aromatic heterocycles. The minimum atomic E-state index is 0.0752. The first-order valence-corrected chi connectivity index (χ1v) is 13.8. The zero-order chi connectivity index (χ0) is 27.9. The van der Waals surface area contributed by atoms with E-state index in [0.29, 0.717) is 0 Å². The molecule has 2 heterocycles. The lowest BCUT2D eigenvalue weighted by atomic mass is 9.86. The summed E-state index contributed by atoms with van der Waals surface area (Å²) in [6.45, 7) is 13.4. The molecule has 0 spiro atoms. The van der Waals surface area contributed by atoms with Gasteiger partial charge >= 0.3 is 0 Å². The summed E-state index contributed by atoms with van der Waals surface area (Å²) in [5.41, 5.74) is 7.52. The highest BCUT2D eigenvalue weighted by Crippen LogP contribution is 2.41. The molecule has 4 nitrogen and oxygen atoms in total. The predicted octanol–water partition coefficient (Wildman–Crippen LogP) is 10.1. The van der Waals surface area contributed by atoms with Crippen molar-refractivity contribution in [3.8, 4) is 12.1 Å². The number of benzene rings is 3. The maximum absolute atomic E-state index is 9.10. The molecule has 0 aliphatic carbocycles. The lowest BCUT2D eigenvalue weighted by Crippen LogP contribution is -2.14. The van der Waals surface area contributed by atoms with Gasteiger partial charge in [-0.1, -0.05) is 65.8 Å². The van der Waals surface area contributed by atoms with Crippen molar-refractivity contribution in [2.75, 3.05) is 4.90 Å². The van der Waals surface area contributed by atoms with Crippen molar-refractivity contribution in [1.29, 1.82) is 10.5 Å². The van der Waals surface area contributed by atoms with E-state index < -0.39 is 0 Å². The Kier molecular flexibility index (Phi) is 6.59. The molecule has 0 saturated carbocycles. The van der Waals surface area contributed by atoms with Crippen LogP contribution < -0.4 is 4.90 Å². The third kappa shape index (κ3) is 5.19. The second-order valence-corrected chi connectivity index (χ2v) is 12.9. The van der Waals surface area contributed by atoms with Gasteiger partial charge in [-0.05, 0) is 70.5 Å². The first kappa shape index (κ1) is 26.3. The number of nitrogens with zero attached hydrogens (tertiary/aromatic N) is 3. The van der Waals surface area contributed by atoms with Gasteiger partial charge in [0.05, 0.1) is 4.70 Å². The summed E-state index contributed by atoms with van der Waals surface area (Å²) in [5, 5.41) is 19.2. The van der Waals surface area contributed by atoms with Gasteiger partial charge in [0.2, 0.25) is 0 Å². The van der Waals surface area contributed by atoms with E-state index in [0.717, 1.165) is 43.2 Å². The number of hydrogen-bond acceptors (Lipinski definition) is 5. The van der Waals surface area contributed by atoms with Gasteiger partial charge in [-0.25, -0.2) is 0 Å². The summed E-state index contributed by atoms with van der Waals surface area (Å²) in [7, 11) is 0. The van der Waals surface area contributed by atoms with Crippen LogP contribution in [0.3, 0.4) is 0 Å². The molecule has 5 aromatic rings. The van der Waals surface area contributed by atoms with Crippen LogP contribution in [0.5, 0.6) is 0 Å². The lowest BCUT2D eigenvalue weighted by Gasteiger charge is -2.28. The van der Waals surface area contributed by atoms with Gasteiger partial charge in [-0.15, -0.1) is 11.3 Å². The highest BCUT2D eigenvalue weighted by atomic mass is 32.1. The Balaban J connectivity index is 1.61. The van der Waals surface area contributed by atoms with Crippen LogP contribution in [0.1, 0.15) is 57.5 Å². The van der Waals surface area contributed by atoms with Gasteiger partial charge in [0.1, 0.15) is 28.9 Å². The Labute approximate surface area is 234 Å². The van der Waals surface area contributed by atoms with Gasteiger partial charge in [0, 0.05) is 33.4 Å². The topological polar surface area (TPSA) is 64.0 Å². The maximum atomic E-state index is 9.10. The molecule has 5 heteroatoms. The summed E-state index contributed by atoms with van der Waals surface area (Å²) in [6, 6.07) is 29.6. The van der Waals surface area contributed by atoms with Crippen LogP contribution in [0.25, 0.3) is 27.3 Å². The number of furan rings is 1. The molecule has 5 rings (SSSR count). The molecule has 39 heavy (non-hydrogen) atoms. The van der Waals surface area contributed by atoms with Gasteiger partial charge in [-0.3, -0.25) is 0 Å². The number of fused-ring (bicyclic) bond motifs is 3. The molecule has 0 bridgehead atoms. The zero-order valence-corrected chi connectivity index (χ0v) is 24.0. The Bertz CT molecular complexity index is 1700. The Morgan fingerprint density at radius 3 is 1.72 bits per heavy atom. The van der Waals surface area contributed by atoms with Crippen LogP contribution in [0.15, 0.2) is 82.8 Å². The second-order valence-electron chi connectivity index (χ2n) is 11.8. The van der Waals surface area contributed by atoms with Gasteiger partial charge < -0.3 is 9.32 Å². The van der Waals surface area contributed by atoms with E-state index in [1.807, 2.05) is 18.2 Å². The van der Waals surface area contributed by atoms with Crippen LogP contribution in [0, 0.1) is 22.7 Å². The predicted molar refractivity (Wildman–Crippen MR) is 163 cm³/mol. The second kappa shape index (κ2) is 9.77. The van der Waals surface area contributed by atoms with Crippen LogP contribution in [-0.4, -0.2) is 0 Å². The fraction of sp³-hybridized carbons (Fsp3) is 0.235. The third-order valence-electron chi connectivity index (χ3n) is 6.92. The van der Waals surface area contributed by atoms with Crippen molar-refractivity contribution in [2.45, 2.75) is 52.4 Å². The molecule has 194 valence electrons. The van der Waals surface area contributed by atoms with Crippen LogP contribution >= 0.6 is 11.3 Å². The molecule has 0 saturated heterocycles. The van der Waals surface area contributed by atoms with Gasteiger partial charge in [0.25, 0.3) is 0 Å². The molecule has 0 N–H and O–H groups in total. The van der Waals surface area contributed by atoms with Crippen molar-refractivity contribution in [3.63, 3.8) is 0 Å². The van der Waals surface area contributed by atoms with Crippen molar-refractivity contribution in [1.82, 2.24) is 0 Å². The van der Waals surface area contributed by atoms with E-state index >= 15 is 0 Å². The molecule has 0 unspecified atom stereocenters. The minimum absolute atomic E-state index is 0.0752. The molecule has 0 fully saturated rings. The van der Waals surface area contributed by atoms with E-state index in [9.17, 15) is 0 Å². The number of anilines is 3. The smallest absolute Gasteiger partial charge is 0.146 e. The fourth-order valence-corrected chi connectivity index (χ4v) is 5.73. The first-order chi connectivity index (χ1) is 18.5. The molecule has 0 aliphatic heterocycles. The quantitative estimate of drug-likeness (QED) is 0.217. The molecule has 3 aromatic carbocycles. The van der Waals surface area contributed by atoms with Crippen LogP contribution in [0.4, 0.5) is 17.1 Å². The molecular formula is C34H31N3OS. The highest BCUT2D eigenvalue weighted by molar-refractivity contribution is 7.20. The zero-order valence-electron chi connectivity index (χ0n) is 23.2. The largest absolute Gasteiger partial charge is 0.455 e. The average Bonchev–Trinajstić information content (AvgIpc) is 3.44.